The van der Waals surface area contributed by atoms with Crippen LogP contribution in [0.5, 0.6) is 0 Å². The Kier molecular flexibility index (Phi) is 4.43. The molecule has 0 saturated heterocycles. The standard InChI is InChI=1S/C7H13N3O2S2/c1-13-4-2-3-10-14(11,12)7-5-8-9-6-7/h5-6,10H,2-4H2,1H3,(H,8,9). The van der Waals surface area contributed by atoms with Gasteiger partial charge < -0.3 is 0 Å². The molecule has 0 radical (unpaired) electrons. The Labute approximate surface area is 87.7 Å². The van der Waals surface area contributed by atoms with Gasteiger partial charge in [0.2, 0.25) is 10.0 Å². The van der Waals surface area contributed by atoms with Gasteiger partial charge in [-0.25, -0.2) is 13.1 Å². The fourth-order valence-corrected chi connectivity index (χ4v) is 2.30. The van der Waals surface area contributed by atoms with E-state index >= 15 is 0 Å². The molecule has 1 aromatic rings. The highest BCUT2D eigenvalue weighted by Gasteiger charge is 2.13. The number of rotatable bonds is 6. The lowest BCUT2D eigenvalue weighted by Crippen LogP contribution is -2.24. The SMILES string of the molecule is CSCCCNS(=O)(=O)c1cn[nH]c1. The monoisotopic (exact) mass is 235 g/mol. The molecule has 0 aliphatic rings. The van der Waals surface area contributed by atoms with Crippen molar-refractivity contribution in [2.75, 3.05) is 18.6 Å². The Hall–Kier alpha value is -0.530. The topological polar surface area (TPSA) is 74.8 Å². The summed E-state index contributed by atoms with van der Waals surface area (Å²) < 4.78 is 25.5. The zero-order valence-corrected chi connectivity index (χ0v) is 9.49. The van der Waals surface area contributed by atoms with Crippen LogP contribution in [-0.4, -0.2) is 37.2 Å². The molecule has 2 N–H and O–H groups in total. The zero-order valence-electron chi connectivity index (χ0n) is 7.86. The van der Waals surface area contributed by atoms with Crippen molar-refractivity contribution in [1.29, 1.82) is 0 Å². The average Bonchev–Trinajstić information content (AvgIpc) is 2.65. The molecule has 0 spiro atoms. The minimum absolute atomic E-state index is 0.182. The molecule has 1 heterocycles. The molecule has 80 valence electrons. The maximum atomic E-state index is 11.5. The molecule has 14 heavy (non-hydrogen) atoms. The number of aromatic nitrogens is 2. The third-order valence-electron chi connectivity index (χ3n) is 1.60. The molecule has 0 saturated carbocycles. The van der Waals surface area contributed by atoms with E-state index < -0.39 is 10.0 Å². The first-order valence-corrected chi connectivity index (χ1v) is 7.02. The van der Waals surface area contributed by atoms with Gasteiger partial charge in [0, 0.05) is 12.7 Å². The van der Waals surface area contributed by atoms with Gasteiger partial charge in [-0.05, 0) is 18.4 Å². The van der Waals surface area contributed by atoms with Crippen molar-refractivity contribution in [2.24, 2.45) is 0 Å². The van der Waals surface area contributed by atoms with Crippen molar-refractivity contribution < 1.29 is 8.42 Å². The third-order valence-corrected chi connectivity index (χ3v) is 3.73. The Morgan fingerprint density at radius 2 is 2.43 bits per heavy atom. The van der Waals surface area contributed by atoms with Gasteiger partial charge >= 0.3 is 0 Å². The van der Waals surface area contributed by atoms with Gasteiger partial charge in [0.1, 0.15) is 4.90 Å². The van der Waals surface area contributed by atoms with Crippen LogP contribution in [0.25, 0.3) is 0 Å². The van der Waals surface area contributed by atoms with Gasteiger partial charge in [-0.15, -0.1) is 0 Å². The van der Waals surface area contributed by atoms with E-state index in [9.17, 15) is 8.42 Å². The number of aromatic amines is 1. The van der Waals surface area contributed by atoms with E-state index in [0.29, 0.717) is 6.54 Å². The number of thioether (sulfide) groups is 1. The number of nitrogens with one attached hydrogen (secondary N) is 2. The number of hydrogen-bond acceptors (Lipinski definition) is 4. The summed E-state index contributed by atoms with van der Waals surface area (Å²) >= 11 is 1.70. The lowest BCUT2D eigenvalue weighted by Gasteiger charge is -2.02. The fraction of sp³-hybridized carbons (Fsp3) is 0.571. The van der Waals surface area contributed by atoms with E-state index in [1.165, 1.54) is 12.4 Å². The summed E-state index contributed by atoms with van der Waals surface area (Å²) in [5, 5.41) is 6.05. The van der Waals surface area contributed by atoms with Crippen molar-refractivity contribution >= 4 is 21.8 Å². The first kappa shape index (κ1) is 11.5. The number of hydrogen-bond donors (Lipinski definition) is 2. The lowest BCUT2D eigenvalue weighted by atomic mass is 10.5. The van der Waals surface area contributed by atoms with Crippen LogP contribution in [0.2, 0.25) is 0 Å². The molecule has 0 bridgehead atoms. The quantitative estimate of drug-likeness (QED) is 0.702. The molecule has 0 unspecified atom stereocenters. The largest absolute Gasteiger partial charge is 0.284 e. The second kappa shape index (κ2) is 5.38. The van der Waals surface area contributed by atoms with Crippen LogP contribution in [0, 0.1) is 0 Å². The summed E-state index contributed by atoms with van der Waals surface area (Å²) in [5.41, 5.74) is 0. The molecule has 1 rings (SSSR count). The van der Waals surface area contributed by atoms with Crippen LogP contribution in [-0.2, 0) is 10.0 Å². The zero-order chi connectivity index (χ0) is 10.4. The second-order valence-electron chi connectivity index (χ2n) is 2.68. The van der Waals surface area contributed by atoms with Crippen molar-refractivity contribution in [3.8, 4) is 0 Å². The molecular weight excluding hydrogens is 222 g/mol. The summed E-state index contributed by atoms with van der Waals surface area (Å²) in [7, 11) is -3.35. The van der Waals surface area contributed by atoms with Crippen molar-refractivity contribution in [3.63, 3.8) is 0 Å². The minimum atomic E-state index is -3.35. The molecule has 0 aliphatic carbocycles. The van der Waals surface area contributed by atoms with E-state index in [2.05, 4.69) is 14.9 Å². The normalized spacial score (nSPS) is 11.8. The van der Waals surface area contributed by atoms with Crippen molar-refractivity contribution in [3.05, 3.63) is 12.4 Å². The average molecular weight is 235 g/mol. The smallest absolute Gasteiger partial charge is 0.243 e. The van der Waals surface area contributed by atoms with Crippen LogP contribution in [0.4, 0.5) is 0 Å². The third kappa shape index (κ3) is 3.32. The van der Waals surface area contributed by atoms with E-state index in [1.807, 2.05) is 6.26 Å². The Morgan fingerprint density at radius 1 is 1.64 bits per heavy atom. The number of H-pyrrole nitrogens is 1. The number of nitrogens with zero attached hydrogens (tertiary/aromatic N) is 1. The van der Waals surface area contributed by atoms with Gasteiger partial charge in [0.25, 0.3) is 0 Å². The lowest BCUT2D eigenvalue weighted by molar-refractivity contribution is 0.581. The number of sulfonamides is 1. The molecule has 0 fully saturated rings. The van der Waals surface area contributed by atoms with Crippen LogP contribution in [0.3, 0.4) is 0 Å². The van der Waals surface area contributed by atoms with Crippen LogP contribution in [0.1, 0.15) is 6.42 Å². The van der Waals surface area contributed by atoms with Gasteiger partial charge in [-0.1, -0.05) is 0 Å². The van der Waals surface area contributed by atoms with Crippen molar-refractivity contribution in [1.82, 2.24) is 14.9 Å². The van der Waals surface area contributed by atoms with Crippen molar-refractivity contribution in [2.45, 2.75) is 11.3 Å². The van der Waals surface area contributed by atoms with E-state index in [0.717, 1.165) is 12.2 Å². The van der Waals surface area contributed by atoms with Crippen LogP contribution < -0.4 is 4.72 Å². The molecule has 0 aliphatic heterocycles. The highest BCUT2D eigenvalue weighted by molar-refractivity contribution is 7.98. The summed E-state index contributed by atoms with van der Waals surface area (Å²) in [5.74, 6) is 0.952. The van der Waals surface area contributed by atoms with Gasteiger partial charge in [-0.2, -0.15) is 16.9 Å². The summed E-state index contributed by atoms with van der Waals surface area (Å²) in [6.07, 6.45) is 5.47. The molecule has 7 heteroatoms. The molecule has 0 aromatic carbocycles. The highest BCUT2D eigenvalue weighted by atomic mass is 32.2. The van der Waals surface area contributed by atoms with Crippen LogP contribution >= 0.6 is 11.8 Å². The first-order valence-electron chi connectivity index (χ1n) is 4.14. The van der Waals surface area contributed by atoms with E-state index in [4.69, 9.17) is 0 Å². The molecular formula is C7H13N3O2S2. The maximum absolute atomic E-state index is 11.5. The van der Waals surface area contributed by atoms with Crippen LogP contribution in [0.15, 0.2) is 17.3 Å². The summed E-state index contributed by atoms with van der Waals surface area (Å²) in [6.45, 7) is 0.467. The molecule has 5 nitrogen and oxygen atoms in total. The Morgan fingerprint density at radius 3 is 3.00 bits per heavy atom. The first-order chi connectivity index (χ1) is 6.67. The second-order valence-corrected chi connectivity index (χ2v) is 5.43. The maximum Gasteiger partial charge on any atom is 0.243 e. The molecule has 1 aromatic heterocycles. The van der Waals surface area contributed by atoms with E-state index in [-0.39, 0.29) is 4.90 Å². The molecule has 0 atom stereocenters. The van der Waals surface area contributed by atoms with Gasteiger partial charge in [0.05, 0.1) is 6.20 Å². The predicted octanol–water partition coefficient (Wildman–Crippen LogP) is 0.441. The Bertz CT molecular complexity index is 347. The summed E-state index contributed by atoms with van der Waals surface area (Å²) in [6, 6.07) is 0. The van der Waals surface area contributed by atoms with Gasteiger partial charge in [-0.3, -0.25) is 5.10 Å². The van der Waals surface area contributed by atoms with Gasteiger partial charge in [0.15, 0.2) is 0 Å². The summed E-state index contributed by atoms with van der Waals surface area (Å²) in [4.78, 5) is 0.182. The minimum Gasteiger partial charge on any atom is -0.284 e. The predicted molar refractivity (Wildman–Crippen MR) is 56.8 cm³/mol. The van der Waals surface area contributed by atoms with E-state index in [1.54, 1.807) is 11.8 Å². The fourth-order valence-electron chi connectivity index (χ4n) is 0.892. The highest BCUT2D eigenvalue weighted by Crippen LogP contribution is 2.04. The Balaban J connectivity index is 2.44. The molecule has 0 amide bonds.